The molecule has 6 heteroatoms. The van der Waals surface area contributed by atoms with Crippen LogP contribution >= 0.6 is 11.3 Å². The number of aryl methyl sites for hydroxylation is 1. The predicted octanol–water partition coefficient (Wildman–Crippen LogP) is 1.82. The summed E-state index contributed by atoms with van der Waals surface area (Å²) in [5.41, 5.74) is 1.16. The van der Waals surface area contributed by atoms with E-state index in [4.69, 9.17) is 0 Å². The number of nitrogens with zero attached hydrogens (tertiary/aromatic N) is 2. The summed E-state index contributed by atoms with van der Waals surface area (Å²) in [7, 11) is 1.72. The third kappa shape index (κ3) is 2.24. The van der Waals surface area contributed by atoms with Gasteiger partial charge in [0.05, 0.1) is 18.4 Å². The molecule has 0 aromatic carbocycles. The number of hydrogen-bond acceptors (Lipinski definition) is 4. The Balaban J connectivity index is 1.44. The lowest BCUT2D eigenvalue weighted by molar-refractivity contribution is -0.146. The van der Waals surface area contributed by atoms with E-state index in [-0.39, 0.29) is 47.9 Å². The highest BCUT2D eigenvalue weighted by molar-refractivity contribution is 7.10. The SMILES string of the molecule is Cc1ccsc1CN(C)C(=O)CN1C(=O)C2C3C=CC(C3)C2C1=O. The summed E-state index contributed by atoms with van der Waals surface area (Å²) in [4.78, 5) is 41.7. The first-order valence-electron chi connectivity index (χ1n) is 8.28. The molecule has 1 aromatic rings. The topological polar surface area (TPSA) is 57.7 Å². The molecule has 4 rings (SSSR count). The van der Waals surface area contributed by atoms with Crippen molar-refractivity contribution in [2.24, 2.45) is 23.7 Å². The van der Waals surface area contributed by atoms with Gasteiger partial charge in [-0.3, -0.25) is 19.3 Å². The molecule has 1 aliphatic heterocycles. The summed E-state index contributed by atoms with van der Waals surface area (Å²) in [5.74, 6) is -0.599. The van der Waals surface area contributed by atoms with Gasteiger partial charge in [0, 0.05) is 11.9 Å². The fraction of sp³-hybridized carbons (Fsp3) is 0.500. The minimum atomic E-state index is -0.231. The van der Waals surface area contributed by atoms with Gasteiger partial charge in [-0.2, -0.15) is 0 Å². The molecule has 0 N–H and O–H groups in total. The number of hydrogen-bond donors (Lipinski definition) is 0. The minimum absolute atomic E-state index is 0.134. The number of carbonyl (C=O) groups is 3. The highest BCUT2D eigenvalue weighted by Crippen LogP contribution is 2.52. The minimum Gasteiger partial charge on any atom is -0.339 e. The Morgan fingerprint density at radius 2 is 1.88 bits per heavy atom. The zero-order valence-corrected chi connectivity index (χ0v) is 14.6. The lowest BCUT2D eigenvalue weighted by Gasteiger charge is -2.22. The number of imide groups is 1. The Labute approximate surface area is 144 Å². The van der Waals surface area contributed by atoms with Gasteiger partial charge < -0.3 is 4.90 Å². The van der Waals surface area contributed by atoms with Crippen LogP contribution in [0.2, 0.25) is 0 Å². The number of likely N-dealkylation sites (tertiary alicyclic amines) is 1. The zero-order valence-electron chi connectivity index (χ0n) is 13.8. The highest BCUT2D eigenvalue weighted by Gasteiger charge is 2.59. The van der Waals surface area contributed by atoms with Crippen LogP contribution < -0.4 is 0 Å². The second-order valence-electron chi connectivity index (χ2n) is 7.04. The van der Waals surface area contributed by atoms with Crippen molar-refractivity contribution >= 4 is 29.1 Å². The van der Waals surface area contributed by atoms with Crippen LogP contribution in [0.5, 0.6) is 0 Å². The van der Waals surface area contributed by atoms with Gasteiger partial charge in [0.1, 0.15) is 6.54 Å². The first-order valence-corrected chi connectivity index (χ1v) is 9.16. The van der Waals surface area contributed by atoms with Crippen LogP contribution in [0.1, 0.15) is 16.9 Å². The third-order valence-electron chi connectivity index (χ3n) is 5.63. The molecule has 2 fully saturated rings. The number of allylic oxidation sites excluding steroid dienone is 2. The van der Waals surface area contributed by atoms with E-state index in [1.807, 2.05) is 18.4 Å². The van der Waals surface area contributed by atoms with E-state index in [2.05, 4.69) is 12.2 Å². The number of carbonyl (C=O) groups excluding carboxylic acids is 3. The molecule has 0 radical (unpaired) electrons. The monoisotopic (exact) mass is 344 g/mol. The van der Waals surface area contributed by atoms with Gasteiger partial charge in [-0.05, 0) is 42.2 Å². The zero-order chi connectivity index (χ0) is 17.0. The second kappa shape index (κ2) is 5.55. The largest absolute Gasteiger partial charge is 0.339 e. The number of likely N-dealkylation sites (N-methyl/N-ethyl adjacent to an activating group) is 1. The maximum Gasteiger partial charge on any atom is 0.242 e. The lowest BCUT2D eigenvalue weighted by atomic mass is 9.85. The van der Waals surface area contributed by atoms with Gasteiger partial charge in [0.25, 0.3) is 0 Å². The molecule has 1 saturated carbocycles. The number of fused-ring (bicyclic) bond motifs is 5. The van der Waals surface area contributed by atoms with Crippen LogP contribution in [-0.4, -0.2) is 41.1 Å². The Kier molecular flexibility index (Phi) is 3.60. The fourth-order valence-electron chi connectivity index (χ4n) is 4.25. The predicted molar refractivity (Wildman–Crippen MR) is 90.0 cm³/mol. The molecule has 2 heterocycles. The molecular weight excluding hydrogens is 324 g/mol. The van der Waals surface area contributed by atoms with Crippen LogP contribution in [-0.2, 0) is 20.9 Å². The maximum absolute atomic E-state index is 12.6. The Hall–Kier alpha value is -1.95. The molecule has 1 aromatic heterocycles. The average Bonchev–Trinajstić information content (AvgIpc) is 3.30. The molecule has 2 bridgehead atoms. The first kappa shape index (κ1) is 15.6. The normalized spacial score (nSPS) is 30.3. The van der Waals surface area contributed by atoms with Crippen LogP contribution in [0, 0.1) is 30.6 Å². The van der Waals surface area contributed by atoms with Crippen LogP contribution in [0.15, 0.2) is 23.6 Å². The lowest BCUT2D eigenvalue weighted by Crippen LogP contribution is -2.42. The summed E-state index contributed by atoms with van der Waals surface area (Å²) in [5, 5.41) is 2.00. The van der Waals surface area contributed by atoms with E-state index >= 15 is 0 Å². The maximum atomic E-state index is 12.6. The van der Waals surface area contributed by atoms with Gasteiger partial charge in [-0.15, -0.1) is 11.3 Å². The molecule has 1 saturated heterocycles. The first-order chi connectivity index (χ1) is 11.5. The van der Waals surface area contributed by atoms with E-state index < -0.39 is 0 Å². The van der Waals surface area contributed by atoms with E-state index in [9.17, 15) is 14.4 Å². The molecular formula is C18H20N2O3S. The number of amides is 3. The van der Waals surface area contributed by atoms with Gasteiger partial charge in [0.15, 0.2) is 0 Å². The third-order valence-corrected chi connectivity index (χ3v) is 6.64. The molecule has 24 heavy (non-hydrogen) atoms. The van der Waals surface area contributed by atoms with Crippen molar-refractivity contribution in [1.82, 2.24) is 9.80 Å². The molecule has 4 atom stereocenters. The Bertz CT molecular complexity index is 723. The van der Waals surface area contributed by atoms with Gasteiger partial charge >= 0.3 is 0 Å². The van der Waals surface area contributed by atoms with Crippen molar-refractivity contribution in [1.29, 1.82) is 0 Å². The van der Waals surface area contributed by atoms with Crippen LogP contribution in [0.25, 0.3) is 0 Å². The van der Waals surface area contributed by atoms with E-state index in [0.717, 1.165) is 16.9 Å². The van der Waals surface area contributed by atoms with Gasteiger partial charge in [0.2, 0.25) is 17.7 Å². The summed E-state index contributed by atoms with van der Waals surface area (Å²) in [6.07, 6.45) is 5.04. The van der Waals surface area contributed by atoms with E-state index in [1.165, 1.54) is 4.90 Å². The summed E-state index contributed by atoms with van der Waals surface area (Å²) < 4.78 is 0. The van der Waals surface area contributed by atoms with Crippen LogP contribution in [0.3, 0.4) is 0 Å². The van der Waals surface area contributed by atoms with Crippen molar-refractivity contribution in [3.8, 4) is 0 Å². The van der Waals surface area contributed by atoms with Gasteiger partial charge in [-0.25, -0.2) is 0 Å². The molecule has 4 unspecified atom stereocenters. The summed E-state index contributed by atoms with van der Waals surface area (Å²) >= 11 is 1.61. The second-order valence-corrected chi connectivity index (χ2v) is 8.04. The van der Waals surface area contributed by atoms with Crippen molar-refractivity contribution in [2.45, 2.75) is 19.9 Å². The molecule has 126 valence electrons. The van der Waals surface area contributed by atoms with Crippen molar-refractivity contribution in [3.05, 3.63) is 34.0 Å². The quantitative estimate of drug-likeness (QED) is 0.618. The Morgan fingerprint density at radius 3 is 2.42 bits per heavy atom. The highest BCUT2D eigenvalue weighted by atomic mass is 32.1. The Morgan fingerprint density at radius 1 is 1.25 bits per heavy atom. The van der Waals surface area contributed by atoms with Crippen molar-refractivity contribution in [3.63, 3.8) is 0 Å². The number of rotatable bonds is 4. The number of thiophene rings is 1. The van der Waals surface area contributed by atoms with E-state index in [1.54, 1.807) is 23.3 Å². The molecule has 5 nitrogen and oxygen atoms in total. The van der Waals surface area contributed by atoms with Crippen molar-refractivity contribution < 1.29 is 14.4 Å². The molecule has 3 amide bonds. The standard InChI is InChI=1S/C18H20N2O3S/c1-10-5-6-24-13(10)8-19(2)14(21)9-20-17(22)15-11-3-4-12(7-11)16(15)18(20)23/h3-6,11-12,15-16H,7-9H2,1-2H3. The van der Waals surface area contributed by atoms with Crippen LogP contribution in [0.4, 0.5) is 0 Å². The summed E-state index contributed by atoms with van der Waals surface area (Å²) in [6.45, 7) is 2.39. The molecule has 0 spiro atoms. The van der Waals surface area contributed by atoms with Crippen molar-refractivity contribution in [2.75, 3.05) is 13.6 Å². The van der Waals surface area contributed by atoms with E-state index in [0.29, 0.717) is 6.54 Å². The smallest absolute Gasteiger partial charge is 0.242 e. The fourth-order valence-corrected chi connectivity index (χ4v) is 5.20. The molecule has 3 aliphatic rings. The molecule has 2 aliphatic carbocycles. The summed E-state index contributed by atoms with van der Waals surface area (Å²) in [6, 6.07) is 2.02. The van der Waals surface area contributed by atoms with Gasteiger partial charge in [-0.1, -0.05) is 12.2 Å². The average molecular weight is 344 g/mol.